The first-order valence-corrected chi connectivity index (χ1v) is 13.9. The number of nitrogens with two attached hydrogens (primary N) is 1. The van der Waals surface area contributed by atoms with Crippen LogP contribution in [0.5, 0.6) is 0 Å². The highest BCUT2D eigenvalue weighted by Gasteiger charge is 2.31. The average Bonchev–Trinajstić information content (AvgIpc) is 3.29. The summed E-state index contributed by atoms with van der Waals surface area (Å²) >= 11 is 0. The number of amides is 1. The first-order valence-electron chi connectivity index (χ1n) is 13.9. The number of rotatable bonds is 12. The molecule has 0 spiro atoms. The van der Waals surface area contributed by atoms with Crippen LogP contribution in [0.3, 0.4) is 0 Å². The molecule has 42 heavy (non-hydrogen) atoms. The van der Waals surface area contributed by atoms with E-state index in [1.165, 1.54) is 12.1 Å². The number of nitrogens with one attached hydrogen (secondary N) is 1. The van der Waals surface area contributed by atoms with Gasteiger partial charge in [-0.05, 0) is 78.4 Å². The first-order chi connectivity index (χ1) is 20.0. The largest absolute Gasteiger partial charge is 0.481 e. The number of hydrogen-bond acceptors (Lipinski definition) is 5. The highest BCUT2D eigenvalue weighted by Crippen LogP contribution is 2.42. The number of aromatic nitrogens is 1. The van der Waals surface area contributed by atoms with Crippen LogP contribution < -0.4 is 11.1 Å². The molecule has 2 atom stereocenters. The summed E-state index contributed by atoms with van der Waals surface area (Å²) in [5.74, 6) is -2.01. The summed E-state index contributed by atoms with van der Waals surface area (Å²) in [7, 11) is 0. The Balaban J connectivity index is 1.89. The highest BCUT2D eigenvalue weighted by molar-refractivity contribution is 6.12. The maximum Gasteiger partial charge on any atom is 0.305 e. The van der Waals surface area contributed by atoms with Crippen molar-refractivity contribution in [2.75, 3.05) is 11.1 Å². The van der Waals surface area contributed by atoms with Gasteiger partial charge >= 0.3 is 5.97 Å². The number of carboxylic acids is 1. The van der Waals surface area contributed by atoms with Gasteiger partial charge in [-0.3, -0.25) is 9.59 Å². The molecule has 6 N–H and O–H groups in total. The molecular weight excluding hydrogens is 537 g/mol. The van der Waals surface area contributed by atoms with Gasteiger partial charge in [0.05, 0.1) is 29.9 Å². The third-order valence-electron chi connectivity index (χ3n) is 7.07. The van der Waals surface area contributed by atoms with Crippen molar-refractivity contribution in [2.24, 2.45) is 0 Å². The number of carbonyl (C=O) groups excluding carboxylic acids is 1. The zero-order chi connectivity index (χ0) is 30.4. The minimum atomic E-state index is -1.19. The zero-order valence-electron chi connectivity index (χ0n) is 23.6. The maximum absolute atomic E-state index is 14.1. The van der Waals surface area contributed by atoms with Crippen LogP contribution in [0.25, 0.3) is 22.4 Å². The number of benzene rings is 3. The number of carboxylic acid groups (broad SMARTS) is 1. The molecule has 0 unspecified atom stereocenters. The summed E-state index contributed by atoms with van der Waals surface area (Å²) in [4.78, 5) is 25.1. The van der Waals surface area contributed by atoms with E-state index in [0.717, 1.165) is 11.3 Å². The van der Waals surface area contributed by atoms with Crippen LogP contribution in [0.15, 0.2) is 78.9 Å². The molecule has 0 saturated carbocycles. The normalized spacial score (nSPS) is 12.7. The van der Waals surface area contributed by atoms with Gasteiger partial charge in [0.2, 0.25) is 0 Å². The van der Waals surface area contributed by atoms with Gasteiger partial charge in [-0.2, -0.15) is 0 Å². The van der Waals surface area contributed by atoms with E-state index in [4.69, 9.17) is 10.8 Å². The van der Waals surface area contributed by atoms with Crippen molar-refractivity contribution >= 4 is 23.3 Å². The Bertz CT molecular complexity index is 1520. The third kappa shape index (κ3) is 7.23. The number of nitrogen functional groups attached to an aromatic ring is 1. The van der Waals surface area contributed by atoms with Crippen LogP contribution in [0, 0.1) is 5.82 Å². The van der Waals surface area contributed by atoms with E-state index in [1.807, 2.05) is 48.7 Å². The fourth-order valence-corrected chi connectivity index (χ4v) is 5.25. The van der Waals surface area contributed by atoms with Gasteiger partial charge in [0.25, 0.3) is 5.91 Å². The summed E-state index contributed by atoms with van der Waals surface area (Å²) < 4.78 is 16.0. The number of anilines is 2. The Morgan fingerprint density at radius 1 is 0.905 bits per heavy atom. The molecule has 0 fully saturated rings. The lowest BCUT2D eigenvalue weighted by molar-refractivity contribution is -0.139. The van der Waals surface area contributed by atoms with Crippen LogP contribution in [0.1, 0.15) is 55.1 Å². The van der Waals surface area contributed by atoms with Gasteiger partial charge in [0.1, 0.15) is 5.82 Å². The Labute approximate surface area is 244 Å². The van der Waals surface area contributed by atoms with E-state index in [9.17, 15) is 24.2 Å². The fourth-order valence-electron chi connectivity index (χ4n) is 5.25. The number of nitrogens with zero attached hydrogens (tertiary/aromatic N) is 1. The zero-order valence-corrected chi connectivity index (χ0v) is 23.6. The molecule has 0 aliphatic carbocycles. The first kappa shape index (κ1) is 30.5. The molecule has 1 heterocycles. The Hall–Kier alpha value is -4.47. The van der Waals surface area contributed by atoms with Gasteiger partial charge in [-0.15, -0.1) is 0 Å². The lowest BCUT2D eigenvalue weighted by Gasteiger charge is -2.20. The molecule has 0 aliphatic rings. The molecule has 1 aromatic heterocycles. The number of aliphatic hydroxyl groups is 2. The van der Waals surface area contributed by atoms with Crippen LogP contribution in [-0.2, 0) is 11.3 Å². The van der Waals surface area contributed by atoms with E-state index in [2.05, 4.69) is 5.32 Å². The fraction of sp³-hybridized carbons (Fsp3) is 0.273. The smallest absolute Gasteiger partial charge is 0.305 e. The van der Waals surface area contributed by atoms with Crippen LogP contribution >= 0.6 is 0 Å². The molecule has 8 nitrogen and oxygen atoms in total. The Kier molecular flexibility index (Phi) is 9.77. The van der Waals surface area contributed by atoms with E-state index >= 15 is 0 Å². The summed E-state index contributed by atoms with van der Waals surface area (Å²) in [6, 6.07) is 22.4. The predicted octanol–water partition coefficient (Wildman–Crippen LogP) is 5.90. The van der Waals surface area contributed by atoms with Crippen LogP contribution in [0.2, 0.25) is 0 Å². The van der Waals surface area contributed by atoms with Crippen molar-refractivity contribution in [3.63, 3.8) is 0 Å². The van der Waals surface area contributed by atoms with Crippen LogP contribution in [0.4, 0.5) is 15.8 Å². The minimum Gasteiger partial charge on any atom is -0.481 e. The number of halogens is 1. The lowest BCUT2D eigenvalue weighted by Crippen LogP contribution is -2.22. The number of aliphatic carboxylic acids is 1. The Morgan fingerprint density at radius 2 is 1.55 bits per heavy atom. The molecule has 4 rings (SSSR count). The molecular formula is C33H36FN3O5. The van der Waals surface area contributed by atoms with E-state index in [-0.39, 0.29) is 31.2 Å². The predicted molar refractivity (Wildman–Crippen MR) is 162 cm³/mol. The summed E-state index contributed by atoms with van der Waals surface area (Å²) in [6.07, 6.45) is -2.56. The SMILES string of the molecule is CC(C)c1c(C(=O)Nc2ccc(N)cc2)c(-c2ccccc2)c(-c2ccc(F)cc2)n1CC[C@@H](O)C[C@@H](O)CC(=O)O. The average molecular weight is 574 g/mol. The molecule has 4 aromatic rings. The molecule has 3 aromatic carbocycles. The number of aliphatic hydroxyl groups excluding tert-OH is 2. The van der Waals surface area contributed by atoms with E-state index in [0.29, 0.717) is 33.8 Å². The second-order valence-electron chi connectivity index (χ2n) is 10.7. The number of hydrogen-bond donors (Lipinski definition) is 5. The second-order valence-corrected chi connectivity index (χ2v) is 10.7. The molecule has 1 amide bonds. The Morgan fingerprint density at radius 3 is 2.14 bits per heavy atom. The minimum absolute atomic E-state index is 0.105. The van der Waals surface area contributed by atoms with Crippen molar-refractivity contribution < 1.29 is 29.3 Å². The lowest BCUT2D eigenvalue weighted by atomic mass is 9.94. The van der Waals surface area contributed by atoms with Crippen molar-refractivity contribution in [3.05, 3.63) is 95.9 Å². The summed E-state index contributed by atoms with van der Waals surface area (Å²) in [5, 5.41) is 32.8. The molecule has 0 saturated heterocycles. The van der Waals surface area contributed by atoms with E-state index in [1.54, 1.807) is 36.4 Å². The van der Waals surface area contributed by atoms with Gasteiger partial charge in [-0.25, -0.2) is 4.39 Å². The second kappa shape index (κ2) is 13.5. The maximum atomic E-state index is 14.1. The number of carbonyl (C=O) groups is 2. The topological polar surface area (TPSA) is 138 Å². The van der Waals surface area contributed by atoms with Crippen LogP contribution in [-0.4, -0.2) is 44.0 Å². The highest BCUT2D eigenvalue weighted by atomic mass is 19.1. The van der Waals surface area contributed by atoms with Gasteiger partial charge in [-0.1, -0.05) is 44.2 Å². The van der Waals surface area contributed by atoms with Gasteiger partial charge in [0, 0.05) is 29.2 Å². The summed E-state index contributed by atoms with van der Waals surface area (Å²) in [6.45, 7) is 4.21. The van der Waals surface area contributed by atoms with Crippen molar-refractivity contribution in [2.45, 2.75) is 57.8 Å². The molecule has 0 bridgehead atoms. The standard InChI is InChI=1S/C33H36FN3O5/c1-20(2)31-30(33(42)36-25-14-12-24(35)13-15-25)29(21-6-4-3-5-7-21)32(22-8-10-23(34)11-9-22)37(31)17-16-26(38)18-27(39)19-28(40)41/h3-15,20,26-27,38-39H,16-19,35H2,1-2H3,(H,36,42)(H,40,41)/t26-,27-/m1/s1. The summed E-state index contributed by atoms with van der Waals surface area (Å²) in [5.41, 5.74) is 11.0. The molecule has 0 aliphatic heterocycles. The van der Waals surface area contributed by atoms with Crippen molar-refractivity contribution in [3.8, 4) is 22.4 Å². The molecule has 0 radical (unpaired) electrons. The molecule has 220 valence electrons. The third-order valence-corrected chi connectivity index (χ3v) is 7.07. The van der Waals surface area contributed by atoms with Gasteiger partial charge in [0.15, 0.2) is 0 Å². The van der Waals surface area contributed by atoms with Crippen molar-refractivity contribution in [1.82, 2.24) is 4.57 Å². The molecule has 9 heteroatoms. The quantitative estimate of drug-likeness (QED) is 0.134. The van der Waals surface area contributed by atoms with Crippen molar-refractivity contribution in [1.29, 1.82) is 0 Å². The monoisotopic (exact) mass is 573 g/mol. The van der Waals surface area contributed by atoms with E-state index < -0.39 is 30.4 Å². The van der Waals surface area contributed by atoms with Gasteiger partial charge < -0.3 is 30.9 Å².